The van der Waals surface area contributed by atoms with Crippen molar-refractivity contribution < 1.29 is 9.47 Å². The summed E-state index contributed by atoms with van der Waals surface area (Å²) in [6.45, 7) is 8.17. The number of benzene rings is 3. The lowest BCUT2D eigenvalue weighted by Gasteiger charge is -2.11. The highest BCUT2D eigenvalue weighted by atomic mass is 16.5. The number of hydrogen-bond acceptors (Lipinski definition) is 3. The zero-order valence-corrected chi connectivity index (χ0v) is 17.5. The Morgan fingerprint density at radius 2 is 1.52 bits per heavy atom. The van der Waals surface area contributed by atoms with E-state index < -0.39 is 0 Å². The molecule has 148 valence electrons. The van der Waals surface area contributed by atoms with E-state index in [2.05, 4.69) is 26.8 Å². The number of aryl methyl sites for hydroxylation is 3. The summed E-state index contributed by atoms with van der Waals surface area (Å²) in [4.78, 5) is 4.72. The smallest absolute Gasteiger partial charge is 0.225 e. The third-order valence-electron chi connectivity index (χ3n) is 4.52. The van der Waals surface area contributed by atoms with E-state index in [1.807, 2.05) is 73.7 Å². The summed E-state index contributed by atoms with van der Waals surface area (Å²) >= 11 is 0. The maximum atomic E-state index is 6.16. The third kappa shape index (κ3) is 6.08. The Morgan fingerprint density at radius 1 is 0.862 bits per heavy atom. The summed E-state index contributed by atoms with van der Waals surface area (Å²) in [6, 6.07) is 24.0. The van der Waals surface area contributed by atoms with Gasteiger partial charge in [-0.2, -0.15) is 0 Å². The molecule has 0 saturated carbocycles. The van der Waals surface area contributed by atoms with Crippen LogP contribution in [0.1, 0.15) is 30.5 Å². The molecule has 0 aliphatic heterocycles. The van der Waals surface area contributed by atoms with E-state index in [0.717, 1.165) is 29.2 Å². The van der Waals surface area contributed by atoms with Crippen LogP contribution < -0.4 is 9.47 Å². The lowest BCUT2D eigenvalue weighted by molar-refractivity contribution is 0.473. The van der Waals surface area contributed by atoms with Gasteiger partial charge in [-0.15, -0.1) is 0 Å². The van der Waals surface area contributed by atoms with E-state index >= 15 is 0 Å². The summed E-state index contributed by atoms with van der Waals surface area (Å²) < 4.78 is 12.0. The molecule has 0 fully saturated rings. The van der Waals surface area contributed by atoms with Crippen molar-refractivity contribution in [1.82, 2.24) is 0 Å². The Morgan fingerprint density at radius 3 is 2.17 bits per heavy atom. The Kier molecular flexibility index (Phi) is 6.85. The van der Waals surface area contributed by atoms with Crippen LogP contribution in [0.4, 0.5) is 5.69 Å². The van der Waals surface area contributed by atoms with Gasteiger partial charge in [-0.3, -0.25) is 0 Å². The van der Waals surface area contributed by atoms with E-state index in [0.29, 0.717) is 5.90 Å². The molecule has 29 heavy (non-hydrogen) atoms. The van der Waals surface area contributed by atoms with Gasteiger partial charge in [-0.05, 0) is 69.2 Å². The van der Waals surface area contributed by atoms with Crippen LogP contribution in [0.25, 0.3) is 0 Å². The van der Waals surface area contributed by atoms with Crippen molar-refractivity contribution in [2.75, 3.05) is 0 Å². The van der Waals surface area contributed by atoms with Gasteiger partial charge >= 0.3 is 0 Å². The van der Waals surface area contributed by atoms with Crippen LogP contribution in [0.15, 0.2) is 89.6 Å². The zero-order valence-electron chi connectivity index (χ0n) is 17.5. The summed E-state index contributed by atoms with van der Waals surface area (Å²) in [5.41, 5.74) is 5.24. The van der Waals surface area contributed by atoms with Gasteiger partial charge in [0.05, 0.1) is 11.9 Å². The molecule has 0 aliphatic carbocycles. The minimum absolute atomic E-state index is 0.509. The highest BCUT2D eigenvalue weighted by molar-refractivity contribution is 5.96. The molecular formula is C26H27NO2. The second kappa shape index (κ2) is 9.74. The molecular weight excluding hydrogens is 358 g/mol. The summed E-state index contributed by atoms with van der Waals surface area (Å²) in [6.07, 6.45) is 2.63. The largest absolute Gasteiger partial charge is 0.465 e. The van der Waals surface area contributed by atoms with Crippen molar-refractivity contribution in [3.05, 3.63) is 101 Å². The number of nitrogens with zero attached hydrogens (tertiary/aromatic N) is 1. The molecule has 0 aliphatic rings. The van der Waals surface area contributed by atoms with Crippen molar-refractivity contribution in [3.8, 4) is 11.5 Å². The van der Waals surface area contributed by atoms with Crippen LogP contribution in [0, 0.1) is 13.8 Å². The van der Waals surface area contributed by atoms with Crippen molar-refractivity contribution in [1.29, 1.82) is 0 Å². The molecule has 0 atom stereocenters. The standard InChI is InChI=1S/C26H27NO2/c1-5-22-7-6-8-25(17-22)29-26(27-23-13-9-19(2)10-14-23)21(4)18-28-24-15-11-20(3)12-16-24/h6-18H,5H2,1-4H3. The molecule has 0 spiro atoms. The molecule has 3 nitrogen and oxygen atoms in total. The van der Waals surface area contributed by atoms with Gasteiger partial charge in [0.15, 0.2) is 0 Å². The maximum Gasteiger partial charge on any atom is 0.225 e. The predicted octanol–water partition coefficient (Wildman–Crippen LogP) is 6.96. The second-order valence-electron chi connectivity index (χ2n) is 7.09. The third-order valence-corrected chi connectivity index (χ3v) is 4.52. The van der Waals surface area contributed by atoms with Crippen molar-refractivity contribution in [3.63, 3.8) is 0 Å². The molecule has 0 bridgehead atoms. The average Bonchev–Trinajstić information content (AvgIpc) is 2.74. The fraction of sp³-hybridized carbons (Fsp3) is 0.192. The minimum Gasteiger partial charge on any atom is -0.465 e. The van der Waals surface area contributed by atoms with E-state index in [1.54, 1.807) is 6.26 Å². The van der Waals surface area contributed by atoms with Crippen LogP contribution in [-0.4, -0.2) is 5.90 Å². The molecule has 3 rings (SSSR count). The first kappa shape index (κ1) is 20.4. The van der Waals surface area contributed by atoms with Gasteiger partial charge in [0.2, 0.25) is 5.90 Å². The van der Waals surface area contributed by atoms with Crippen LogP contribution in [0.2, 0.25) is 0 Å². The fourth-order valence-corrected chi connectivity index (χ4v) is 2.69. The van der Waals surface area contributed by atoms with Gasteiger partial charge in [-0.1, -0.05) is 54.4 Å². The number of rotatable bonds is 6. The highest BCUT2D eigenvalue weighted by Crippen LogP contribution is 2.20. The van der Waals surface area contributed by atoms with Gasteiger partial charge in [0, 0.05) is 5.57 Å². The van der Waals surface area contributed by atoms with Crippen LogP contribution in [-0.2, 0) is 6.42 Å². The van der Waals surface area contributed by atoms with E-state index in [-0.39, 0.29) is 0 Å². The van der Waals surface area contributed by atoms with Gasteiger partial charge in [0.25, 0.3) is 0 Å². The normalized spacial score (nSPS) is 12.0. The molecule has 0 N–H and O–H groups in total. The topological polar surface area (TPSA) is 30.8 Å². The van der Waals surface area contributed by atoms with Crippen LogP contribution in [0.3, 0.4) is 0 Å². The number of aliphatic imine (C=N–C) groups is 1. The maximum absolute atomic E-state index is 6.16. The van der Waals surface area contributed by atoms with Crippen LogP contribution >= 0.6 is 0 Å². The molecule has 0 amide bonds. The molecule has 0 heterocycles. The van der Waals surface area contributed by atoms with Crippen LogP contribution in [0.5, 0.6) is 11.5 Å². The molecule has 0 radical (unpaired) electrons. The first-order chi connectivity index (χ1) is 14.0. The Labute approximate surface area is 173 Å². The number of ether oxygens (including phenoxy) is 2. The number of hydrogen-bond donors (Lipinski definition) is 0. The first-order valence-corrected chi connectivity index (χ1v) is 9.86. The van der Waals surface area contributed by atoms with E-state index in [9.17, 15) is 0 Å². The van der Waals surface area contributed by atoms with Gasteiger partial charge in [0.1, 0.15) is 11.5 Å². The van der Waals surface area contributed by atoms with Crippen molar-refractivity contribution in [2.45, 2.75) is 34.1 Å². The Hall–Kier alpha value is -3.33. The van der Waals surface area contributed by atoms with Crippen molar-refractivity contribution >= 4 is 11.6 Å². The molecule has 0 saturated heterocycles. The zero-order chi connectivity index (χ0) is 20.6. The molecule has 0 aromatic heterocycles. The molecule has 3 aromatic carbocycles. The first-order valence-electron chi connectivity index (χ1n) is 9.86. The lowest BCUT2D eigenvalue weighted by Crippen LogP contribution is -2.11. The molecule has 3 heteroatoms. The second-order valence-corrected chi connectivity index (χ2v) is 7.09. The van der Waals surface area contributed by atoms with Crippen molar-refractivity contribution in [2.24, 2.45) is 4.99 Å². The average molecular weight is 386 g/mol. The van der Waals surface area contributed by atoms with Gasteiger partial charge in [-0.25, -0.2) is 4.99 Å². The fourth-order valence-electron chi connectivity index (χ4n) is 2.69. The van der Waals surface area contributed by atoms with E-state index in [1.165, 1.54) is 16.7 Å². The highest BCUT2D eigenvalue weighted by Gasteiger charge is 2.08. The summed E-state index contributed by atoms with van der Waals surface area (Å²) in [5, 5.41) is 0. The Balaban J connectivity index is 1.89. The minimum atomic E-state index is 0.509. The lowest BCUT2D eigenvalue weighted by atomic mass is 10.2. The Bertz CT molecular complexity index is 1000. The van der Waals surface area contributed by atoms with E-state index in [4.69, 9.17) is 14.5 Å². The molecule has 3 aromatic rings. The quantitative estimate of drug-likeness (QED) is 0.261. The summed E-state index contributed by atoms with van der Waals surface area (Å²) in [5.74, 6) is 2.05. The van der Waals surface area contributed by atoms with Gasteiger partial charge < -0.3 is 9.47 Å². The summed E-state index contributed by atoms with van der Waals surface area (Å²) in [7, 11) is 0. The SMILES string of the molecule is CCc1cccc(OC(=Nc2ccc(C)cc2)C(C)=COc2ccc(C)cc2)c1. The molecule has 0 unspecified atom stereocenters. The predicted molar refractivity (Wildman–Crippen MR) is 120 cm³/mol. The monoisotopic (exact) mass is 385 g/mol.